The Labute approximate surface area is 165 Å². The monoisotopic (exact) mass is 385 g/mol. The second kappa shape index (κ2) is 8.02. The average molecular weight is 386 g/mol. The molecule has 27 heavy (non-hydrogen) atoms. The Kier molecular flexibility index (Phi) is 5.49. The van der Waals surface area contributed by atoms with Gasteiger partial charge in [-0.25, -0.2) is 4.39 Å². The van der Waals surface area contributed by atoms with E-state index in [2.05, 4.69) is 17.4 Å². The number of carbonyl (C=O) groups excluding carboxylic acids is 1. The fraction of sp³-hybridized carbons (Fsp3) is 0.435. The number of rotatable bonds is 6. The molecular formula is C23H25ClFNO. The van der Waals surface area contributed by atoms with Gasteiger partial charge in [-0.1, -0.05) is 42.6 Å². The molecule has 2 aliphatic rings. The molecule has 2 aromatic carbocycles. The Bertz CT molecular complexity index is 827. The summed E-state index contributed by atoms with van der Waals surface area (Å²) in [5, 5.41) is 3.41. The van der Waals surface area contributed by atoms with E-state index in [1.165, 1.54) is 24.5 Å². The largest absolute Gasteiger partial charge is 0.326 e. The van der Waals surface area contributed by atoms with Crippen molar-refractivity contribution >= 4 is 23.2 Å². The van der Waals surface area contributed by atoms with Crippen molar-refractivity contribution in [3.63, 3.8) is 0 Å². The highest BCUT2D eigenvalue weighted by molar-refractivity contribution is 6.30. The number of benzene rings is 2. The van der Waals surface area contributed by atoms with Crippen molar-refractivity contribution in [2.45, 2.75) is 50.9 Å². The van der Waals surface area contributed by atoms with Gasteiger partial charge >= 0.3 is 0 Å². The lowest BCUT2D eigenvalue weighted by atomic mass is 9.83. The molecule has 2 aliphatic carbocycles. The van der Waals surface area contributed by atoms with Gasteiger partial charge in [-0.15, -0.1) is 0 Å². The van der Waals surface area contributed by atoms with Crippen LogP contribution in [0.1, 0.15) is 55.6 Å². The van der Waals surface area contributed by atoms with Crippen LogP contribution in [-0.4, -0.2) is 5.91 Å². The quantitative estimate of drug-likeness (QED) is 0.617. The molecule has 0 heterocycles. The Morgan fingerprint density at radius 3 is 2.59 bits per heavy atom. The fourth-order valence-corrected chi connectivity index (χ4v) is 4.46. The maximum Gasteiger partial charge on any atom is 0.232 e. The molecule has 1 N–H and O–H groups in total. The minimum Gasteiger partial charge on any atom is -0.326 e. The smallest absolute Gasteiger partial charge is 0.232 e. The number of hydrogen-bond acceptors (Lipinski definition) is 1. The van der Waals surface area contributed by atoms with Crippen molar-refractivity contribution in [1.82, 2.24) is 0 Å². The lowest BCUT2D eigenvalue weighted by Crippen LogP contribution is -2.27. The summed E-state index contributed by atoms with van der Waals surface area (Å²) in [5.74, 6) is -0.0127. The van der Waals surface area contributed by atoms with Gasteiger partial charge in [0.2, 0.25) is 5.91 Å². The van der Waals surface area contributed by atoms with Crippen LogP contribution >= 0.6 is 11.6 Å². The summed E-state index contributed by atoms with van der Waals surface area (Å²) >= 11 is 5.91. The van der Waals surface area contributed by atoms with Crippen molar-refractivity contribution in [2.75, 3.05) is 5.32 Å². The maximum absolute atomic E-state index is 14.6. The highest BCUT2D eigenvalue weighted by Crippen LogP contribution is 2.39. The Balaban J connectivity index is 1.57. The normalized spacial score (nSPS) is 18.4. The Hall–Kier alpha value is -1.87. The minimum atomic E-state index is -0.475. The molecule has 2 nitrogen and oxygen atoms in total. The zero-order chi connectivity index (χ0) is 18.8. The molecule has 2 aromatic rings. The third-order valence-corrected chi connectivity index (χ3v) is 6.10. The van der Waals surface area contributed by atoms with Gasteiger partial charge in [-0.05, 0) is 73.8 Å². The van der Waals surface area contributed by atoms with E-state index < -0.39 is 11.7 Å². The van der Waals surface area contributed by atoms with E-state index in [0.717, 1.165) is 43.7 Å². The lowest BCUT2D eigenvalue weighted by Gasteiger charge is -2.24. The SMILES string of the molecule is O=C(Nc1cccc(CC2CC2)c1)C(c1ccc(Cl)cc1F)C1CCCC1. The number of hydrogen-bond donors (Lipinski definition) is 1. The van der Waals surface area contributed by atoms with Gasteiger partial charge in [-0.2, -0.15) is 0 Å². The molecule has 142 valence electrons. The molecule has 0 aromatic heterocycles. The van der Waals surface area contributed by atoms with Gasteiger partial charge in [0.15, 0.2) is 0 Å². The summed E-state index contributed by atoms with van der Waals surface area (Å²) in [6.07, 6.45) is 7.79. The van der Waals surface area contributed by atoms with Crippen LogP contribution < -0.4 is 5.32 Å². The first-order valence-corrected chi connectivity index (χ1v) is 10.3. The van der Waals surface area contributed by atoms with Gasteiger partial charge in [0.05, 0.1) is 5.92 Å². The number of carbonyl (C=O) groups is 1. The first-order valence-electron chi connectivity index (χ1n) is 9.95. The summed E-state index contributed by atoms with van der Waals surface area (Å²) < 4.78 is 14.6. The van der Waals surface area contributed by atoms with E-state index in [9.17, 15) is 9.18 Å². The molecule has 1 amide bonds. The molecule has 1 atom stereocenters. The fourth-order valence-electron chi connectivity index (χ4n) is 4.31. The number of anilines is 1. The number of nitrogens with one attached hydrogen (secondary N) is 1. The van der Waals surface area contributed by atoms with Crippen LogP contribution in [0.15, 0.2) is 42.5 Å². The van der Waals surface area contributed by atoms with Crippen LogP contribution in [0.4, 0.5) is 10.1 Å². The van der Waals surface area contributed by atoms with Gasteiger partial charge in [-0.3, -0.25) is 4.79 Å². The van der Waals surface area contributed by atoms with Gasteiger partial charge in [0.25, 0.3) is 0 Å². The van der Waals surface area contributed by atoms with Crippen molar-refractivity contribution in [1.29, 1.82) is 0 Å². The van der Waals surface area contributed by atoms with Crippen molar-refractivity contribution in [3.05, 3.63) is 64.4 Å². The van der Waals surface area contributed by atoms with Gasteiger partial charge < -0.3 is 5.32 Å². The molecule has 0 radical (unpaired) electrons. The molecular weight excluding hydrogens is 361 g/mol. The minimum absolute atomic E-state index is 0.119. The summed E-state index contributed by atoms with van der Waals surface area (Å²) in [5.41, 5.74) is 2.51. The molecule has 4 rings (SSSR count). The van der Waals surface area contributed by atoms with Crippen LogP contribution in [0.25, 0.3) is 0 Å². The van der Waals surface area contributed by atoms with Crippen LogP contribution in [0.2, 0.25) is 5.02 Å². The summed E-state index contributed by atoms with van der Waals surface area (Å²) in [6, 6.07) is 12.7. The molecule has 0 spiro atoms. The van der Waals surface area contributed by atoms with E-state index >= 15 is 0 Å². The topological polar surface area (TPSA) is 29.1 Å². The second-order valence-electron chi connectivity index (χ2n) is 8.03. The Morgan fingerprint density at radius 1 is 1.11 bits per heavy atom. The van der Waals surface area contributed by atoms with Crippen LogP contribution in [-0.2, 0) is 11.2 Å². The highest BCUT2D eigenvalue weighted by atomic mass is 35.5. The summed E-state index contributed by atoms with van der Waals surface area (Å²) in [6.45, 7) is 0. The van der Waals surface area contributed by atoms with Gasteiger partial charge in [0, 0.05) is 16.3 Å². The van der Waals surface area contributed by atoms with E-state index in [1.807, 2.05) is 12.1 Å². The summed E-state index contributed by atoms with van der Waals surface area (Å²) in [7, 11) is 0. The molecule has 0 saturated heterocycles. The first kappa shape index (κ1) is 18.5. The zero-order valence-electron chi connectivity index (χ0n) is 15.4. The number of amides is 1. The maximum atomic E-state index is 14.6. The predicted octanol–water partition coefficient (Wildman–Crippen LogP) is 6.34. The van der Waals surface area contributed by atoms with Gasteiger partial charge in [0.1, 0.15) is 5.82 Å². The molecule has 4 heteroatoms. The van der Waals surface area contributed by atoms with E-state index in [1.54, 1.807) is 12.1 Å². The third kappa shape index (κ3) is 4.52. The first-order chi connectivity index (χ1) is 13.1. The van der Waals surface area contributed by atoms with Crippen molar-refractivity contribution in [3.8, 4) is 0 Å². The number of halogens is 2. The highest BCUT2D eigenvalue weighted by Gasteiger charge is 2.34. The molecule has 2 saturated carbocycles. The summed E-state index contributed by atoms with van der Waals surface area (Å²) in [4.78, 5) is 13.2. The average Bonchev–Trinajstić information content (AvgIpc) is 3.28. The lowest BCUT2D eigenvalue weighted by molar-refractivity contribution is -0.118. The Morgan fingerprint density at radius 2 is 1.89 bits per heavy atom. The zero-order valence-corrected chi connectivity index (χ0v) is 16.1. The standard InChI is InChI=1S/C23H25ClFNO/c24-18-10-11-20(21(25)14-18)22(17-5-1-2-6-17)23(27)26-19-7-3-4-16(13-19)12-15-8-9-15/h3-4,7,10-11,13-15,17,22H,1-2,5-6,8-9,12H2,(H,26,27). The van der Waals surface area contributed by atoms with Crippen molar-refractivity contribution < 1.29 is 9.18 Å². The molecule has 1 unspecified atom stereocenters. The molecule has 0 bridgehead atoms. The predicted molar refractivity (Wildman–Crippen MR) is 108 cm³/mol. The van der Waals surface area contributed by atoms with E-state index in [-0.39, 0.29) is 11.8 Å². The van der Waals surface area contributed by atoms with E-state index in [0.29, 0.717) is 10.6 Å². The molecule has 0 aliphatic heterocycles. The third-order valence-electron chi connectivity index (χ3n) is 5.87. The second-order valence-corrected chi connectivity index (χ2v) is 8.46. The van der Waals surface area contributed by atoms with Crippen LogP contribution in [0.5, 0.6) is 0 Å². The van der Waals surface area contributed by atoms with Crippen molar-refractivity contribution in [2.24, 2.45) is 11.8 Å². The molecule has 2 fully saturated rings. The van der Waals surface area contributed by atoms with Crippen LogP contribution in [0, 0.1) is 17.7 Å². The van der Waals surface area contributed by atoms with Crippen LogP contribution in [0.3, 0.4) is 0 Å². The van der Waals surface area contributed by atoms with E-state index in [4.69, 9.17) is 11.6 Å².